The van der Waals surface area contributed by atoms with Crippen molar-refractivity contribution in [2.75, 3.05) is 23.3 Å². The molecule has 1 aliphatic heterocycles. The van der Waals surface area contributed by atoms with Crippen molar-refractivity contribution in [3.05, 3.63) is 54.2 Å². The molecular formula is C21H18F6N6O2. The second kappa shape index (κ2) is 9.17. The SMILES string of the molecule is O=C(Nc1cc(N2CCC(O)C2)cnc1C(F)(F)F)c1cccc(-c2cnn(CC(F)(F)F)c2)n1. The highest BCUT2D eigenvalue weighted by atomic mass is 19.4. The van der Waals surface area contributed by atoms with Gasteiger partial charge in [0.1, 0.15) is 12.2 Å². The number of aromatic nitrogens is 4. The Hall–Kier alpha value is -3.68. The first kappa shape index (κ1) is 24.4. The Morgan fingerprint density at radius 1 is 1.17 bits per heavy atom. The number of pyridine rings is 2. The quantitative estimate of drug-likeness (QED) is 0.519. The predicted octanol–water partition coefficient (Wildman–Crippen LogP) is 3.74. The first-order valence-corrected chi connectivity index (χ1v) is 10.3. The number of hydrogen-bond donors (Lipinski definition) is 2. The van der Waals surface area contributed by atoms with Gasteiger partial charge in [-0.3, -0.25) is 9.48 Å². The van der Waals surface area contributed by atoms with Crippen molar-refractivity contribution in [3.8, 4) is 11.3 Å². The van der Waals surface area contributed by atoms with Gasteiger partial charge in [-0.1, -0.05) is 6.07 Å². The zero-order chi connectivity index (χ0) is 25.4. The van der Waals surface area contributed by atoms with E-state index in [4.69, 9.17) is 0 Å². The Morgan fingerprint density at radius 3 is 2.60 bits per heavy atom. The summed E-state index contributed by atoms with van der Waals surface area (Å²) in [5, 5.41) is 15.5. The average Bonchev–Trinajstić information content (AvgIpc) is 3.41. The standard InChI is InChI=1S/C21H18F6N6O2/c22-20(23,24)11-33-9-12(7-29-33)15-2-1-3-16(30-15)19(35)31-17-6-13(32-5-4-14(34)10-32)8-28-18(17)21(25,26)27/h1-3,6-9,14,34H,4-5,10-11H2,(H,31,35). The van der Waals surface area contributed by atoms with E-state index in [2.05, 4.69) is 20.4 Å². The van der Waals surface area contributed by atoms with E-state index in [-0.39, 0.29) is 23.5 Å². The zero-order valence-corrected chi connectivity index (χ0v) is 17.8. The van der Waals surface area contributed by atoms with Crippen LogP contribution >= 0.6 is 0 Å². The van der Waals surface area contributed by atoms with Crippen molar-refractivity contribution in [2.45, 2.75) is 31.4 Å². The van der Waals surface area contributed by atoms with Gasteiger partial charge in [0, 0.05) is 24.8 Å². The van der Waals surface area contributed by atoms with Gasteiger partial charge < -0.3 is 15.3 Å². The molecule has 0 aliphatic carbocycles. The van der Waals surface area contributed by atoms with Gasteiger partial charge in [-0.05, 0) is 24.6 Å². The Bertz CT molecular complexity index is 1230. The molecule has 0 radical (unpaired) electrons. The minimum atomic E-state index is -4.85. The van der Waals surface area contributed by atoms with Crippen molar-refractivity contribution < 1.29 is 36.2 Å². The van der Waals surface area contributed by atoms with Crippen molar-refractivity contribution in [1.82, 2.24) is 19.7 Å². The van der Waals surface area contributed by atoms with Gasteiger partial charge in [0.2, 0.25) is 0 Å². The van der Waals surface area contributed by atoms with Gasteiger partial charge in [0.05, 0.1) is 35.6 Å². The summed E-state index contributed by atoms with van der Waals surface area (Å²) < 4.78 is 78.9. The van der Waals surface area contributed by atoms with Crippen molar-refractivity contribution in [1.29, 1.82) is 0 Å². The number of rotatable bonds is 5. The molecular weight excluding hydrogens is 482 g/mol. The van der Waals surface area contributed by atoms with E-state index in [1.54, 1.807) is 4.90 Å². The van der Waals surface area contributed by atoms with Crippen LogP contribution in [-0.4, -0.2) is 56.1 Å². The Morgan fingerprint density at radius 2 is 1.94 bits per heavy atom. The number of aliphatic hydroxyl groups excluding tert-OH is 1. The van der Waals surface area contributed by atoms with Crippen LogP contribution in [0.3, 0.4) is 0 Å². The highest BCUT2D eigenvalue weighted by molar-refractivity contribution is 6.03. The number of hydrogen-bond acceptors (Lipinski definition) is 6. The third kappa shape index (κ3) is 5.88. The highest BCUT2D eigenvalue weighted by Gasteiger charge is 2.37. The fraction of sp³-hybridized carbons (Fsp3) is 0.333. The number of carbonyl (C=O) groups is 1. The summed E-state index contributed by atoms with van der Waals surface area (Å²) in [6.07, 6.45) is -6.26. The van der Waals surface area contributed by atoms with E-state index in [0.717, 1.165) is 24.7 Å². The summed E-state index contributed by atoms with van der Waals surface area (Å²) in [6, 6.07) is 5.19. The maximum Gasteiger partial charge on any atom is 0.435 e. The molecule has 1 amide bonds. The molecule has 4 rings (SSSR count). The lowest BCUT2D eigenvalue weighted by molar-refractivity contribution is -0.142. The minimum Gasteiger partial charge on any atom is -0.391 e. The van der Waals surface area contributed by atoms with Crippen LogP contribution in [0.5, 0.6) is 0 Å². The van der Waals surface area contributed by atoms with E-state index in [1.807, 2.05) is 0 Å². The molecule has 3 aromatic rings. The lowest BCUT2D eigenvalue weighted by atomic mass is 10.2. The molecule has 2 N–H and O–H groups in total. The van der Waals surface area contributed by atoms with Gasteiger partial charge in [0.25, 0.3) is 5.91 Å². The molecule has 1 saturated heterocycles. The first-order valence-electron chi connectivity index (χ1n) is 10.3. The number of anilines is 2. The van der Waals surface area contributed by atoms with Crippen molar-refractivity contribution >= 4 is 17.3 Å². The number of carbonyl (C=O) groups excluding carboxylic acids is 1. The van der Waals surface area contributed by atoms with Gasteiger partial charge >= 0.3 is 12.4 Å². The predicted molar refractivity (Wildman–Crippen MR) is 112 cm³/mol. The molecule has 186 valence electrons. The van der Waals surface area contributed by atoms with Crippen LogP contribution in [0.25, 0.3) is 11.3 Å². The molecule has 35 heavy (non-hydrogen) atoms. The Kier molecular flexibility index (Phi) is 6.40. The van der Waals surface area contributed by atoms with Crippen LogP contribution < -0.4 is 10.2 Å². The fourth-order valence-corrected chi connectivity index (χ4v) is 3.60. The smallest absolute Gasteiger partial charge is 0.391 e. The first-order chi connectivity index (χ1) is 16.4. The lowest BCUT2D eigenvalue weighted by Gasteiger charge is -2.20. The largest absolute Gasteiger partial charge is 0.435 e. The highest BCUT2D eigenvalue weighted by Crippen LogP contribution is 2.36. The molecule has 8 nitrogen and oxygen atoms in total. The second-order valence-corrected chi connectivity index (χ2v) is 7.88. The van der Waals surface area contributed by atoms with Gasteiger partial charge in [-0.15, -0.1) is 0 Å². The Labute approximate surface area is 194 Å². The van der Waals surface area contributed by atoms with E-state index < -0.39 is 42.3 Å². The van der Waals surface area contributed by atoms with Crippen LogP contribution in [0.4, 0.5) is 37.7 Å². The van der Waals surface area contributed by atoms with Crippen molar-refractivity contribution in [2.24, 2.45) is 0 Å². The molecule has 0 bridgehead atoms. The molecule has 4 heterocycles. The molecule has 14 heteroatoms. The summed E-state index contributed by atoms with van der Waals surface area (Å²) >= 11 is 0. The van der Waals surface area contributed by atoms with Crippen molar-refractivity contribution in [3.63, 3.8) is 0 Å². The summed E-state index contributed by atoms with van der Waals surface area (Å²) in [5.41, 5.74) is -1.56. The van der Waals surface area contributed by atoms with Crippen LogP contribution in [0.15, 0.2) is 42.9 Å². The van der Waals surface area contributed by atoms with Gasteiger partial charge in [0.15, 0.2) is 5.69 Å². The third-order valence-electron chi connectivity index (χ3n) is 5.17. The molecule has 1 unspecified atom stereocenters. The van der Waals surface area contributed by atoms with Crippen LogP contribution in [0.2, 0.25) is 0 Å². The Balaban J connectivity index is 1.59. The number of aliphatic hydroxyl groups is 1. The van der Waals surface area contributed by atoms with Gasteiger partial charge in [-0.25, -0.2) is 9.97 Å². The molecule has 0 spiro atoms. The second-order valence-electron chi connectivity index (χ2n) is 7.88. The summed E-state index contributed by atoms with van der Waals surface area (Å²) in [4.78, 5) is 21.9. The molecule has 1 atom stereocenters. The topological polar surface area (TPSA) is 96.2 Å². The summed E-state index contributed by atoms with van der Waals surface area (Å²) in [7, 11) is 0. The minimum absolute atomic E-state index is 0.111. The number of halogens is 6. The molecule has 3 aromatic heterocycles. The summed E-state index contributed by atoms with van der Waals surface area (Å²) in [6.45, 7) is -0.690. The molecule has 1 aliphatic rings. The van der Waals surface area contributed by atoms with Crippen LogP contribution in [0.1, 0.15) is 22.6 Å². The number of amides is 1. The zero-order valence-electron chi connectivity index (χ0n) is 17.8. The number of nitrogens with zero attached hydrogens (tertiary/aromatic N) is 5. The maximum absolute atomic E-state index is 13.5. The number of nitrogens with one attached hydrogen (secondary N) is 1. The maximum atomic E-state index is 13.5. The van der Waals surface area contributed by atoms with Gasteiger partial charge in [-0.2, -0.15) is 31.4 Å². The molecule has 0 saturated carbocycles. The fourth-order valence-electron chi connectivity index (χ4n) is 3.60. The molecule has 0 aromatic carbocycles. The van der Waals surface area contributed by atoms with E-state index in [0.29, 0.717) is 23.3 Å². The monoisotopic (exact) mass is 500 g/mol. The van der Waals surface area contributed by atoms with Crippen LogP contribution in [0, 0.1) is 0 Å². The normalized spacial score (nSPS) is 16.5. The van der Waals surface area contributed by atoms with E-state index in [1.165, 1.54) is 18.2 Å². The molecule has 1 fully saturated rings. The third-order valence-corrected chi connectivity index (χ3v) is 5.17. The number of alkyl halides is 6. The number of β-amino-alcohol motifs (C(OH)–C–C–N with tert-alkyl or cyclic N) is 1. The summed E-state index contributed by atoms with van der Waals surface area (Å²) in [5.74, 6) is -0.972. The van der Waals surface area contributed by atoms with E-state index >= 15 is 0 Å². The van der Waals surface area contributed by atoms with Crippen LogP contribution in [-0.2, 0) is 12.7 Å². The van der Waals surface area contributed by atoms with E-state index in [9.17, 15) is 36.2 Å². The lowest BCUT2D eigenvalue weighted by Crippen LogP contribution is -2.23. The average molecular weight is 500 g/mol.